The molecule has 0 spiro atoms. The number of carbonyl (C=O) groups excluding carboxylic acids is 1. The molecule has 0 bridgehead atoms. The number of nitrogens with zero attached hydrogens (tertiary/aromatic N) is 4. The zero-order valence-electron chi connectivity index (χ0n) is 16.2. The van der Waals surface area contributed by atoms with Gasteiger partial charge in [0.25, 0.3) is 5.91 Å². The Morgan fingerprint density at radius 3 is 3.03 bits per heavy atom. The number of pyridine rings is 2. The van der Waals surface area contributed by atoms with Crippen molar-refractivity contribution in [1.29, 1.82) is 0 Å². The van der Waals surface area contributed by atoms with Crippen LogP contribution in [0.25, 0.3) is 37.9 Å². The van der Waals surface area contributed by atoms with Gasteiger partial charge < -0.3 is 9.87 Å². The highest BCUT2D eigenvalue weighted by Crippen LogP contribution is 2.43. The number of H-pyrrole nitrogens is 1. The third kappa shape index (κ3) is 2.46. The van der Waals surface area contributed by atoms with Crippen LogP contribution in [0.2, 0.25) is 0 Å². The average Bonchev–Trinajstić information content (AvgIpc) is 3.45. The Labute approximate surface area is 182 Å². The van der Waals surface area contributed by atoms with E-state index in [1.54, 1.807) is 17.0 Å². The second kappa shape index (κ2) is 6.28. The minimum atomic E-state index is -1.06. The minimum absolute atomic E-state index is 0.138. The molecule has 0 aromatic carbocycles. The van der Waals surface area contributed by atoms with E-state index in [1.165, 1.54) is 11.3 Å². The summed E-state index contributed by atoms with van der Waals surface area (Å²) in [4.78, 5) is 22.0. The predicted octanol–water partition coefficient (Wildman–Crippen LogP) is 3.39. The molecule has 1 aliphatic carbocycles. The van der Waals surface area contributed by atoms with Gasteiger partial charge in [0.2, 0.25) is 4.21 Å². The lowest BCUT2D eigenvalue weighted by Crippen LogP contribution is -2.28. The zero-order valence-corrected chi connectivity index (χ0v) is 17.8. The summed E-state index contributed by atoms with van der Waals surface area (Å²) in [6.45, 7) is 0.481. The van der Waals surface area contributed by atoms with Crippen LogP contribution in [0.3, 0.4) is 0 Å². The molecule has 7 rings (SSSR count). The van der Waals surface area contributed by atoms with Crippen LogP contribution in [0.5, 0.6) is 0 Å². The zero-order chi connectivity index (χ0) is 20.7. The molecule has 1 amide bonds. The molecule has 10 heteroatoms. The molecule has 2 N–H and O–H groups in total. The standard InChI is InChI=1S/C21H16N6O2S2/c28-19-17-11(9-23-19)6-10(8-22-17)14-7-13-15-4-5-24-27(15)26-18-16(13)20(25-14)30-21(18)31(29)12-2-1-3-12/h4-8,12,26H,1-3,9H2,(H,23,28). The third-order valence-electron chi connectivity index (χ3n) is 6.22. The molecule has 5 aromatic heterocycles. The van der Waals surface area contributed by atoms with Gasteiger partial charge >= 0.3 is 0 Å². The van der Waals surface area contributed by atoms with Gasteiger partial charge in [0.15, 0.2) is 0 Å². The Kier molecular flexibility index (Phi) is 3.59. The van der Waals surface area contributed by atoms with Crippen molar-refractivity contribution in [2.75, 3.05) is 0 Å². The number of fused-ring (bicyclic) bond motifs is 3. The highest BCUT2D eigenvalue weighted by molar-refractivity contribution is 7.94. The van der Waals surface area contributed by atoms with Gasteiger partial charge in [-0.05, 0) is 37.5 Å². The van der Waals surface area contributed by atoms with Gasteiger partial charge in [0.05, 0.1) is 22.8 Å². The van der Waals surface area contributed by atoms with Crippen molar-refractivity contribution in [2.45, 2.75) is 35.3 Å². The van der Waals surface area contributed by atoms with E-state index in [0.29, 0.717) is 12.2 Å². The van der Waals surface area contributed by atoms with E-state index in [2.05, 4.69) is 20.5 Å². The summed E-state index contributed by atoms with van der Waals surface area (Å²) in [6, 6.07) is 5.97. The topological polar surface area (TPSA) is 111 Å². The minimum Gasteiger partial charge on any atom is -0.611 e. The number of nitrogens with one attached hydrogen (secondary N) is 2. The van der Waals surface area contributed by atoms with E-state index >= 15 is 0 Å². The normalized spacial score (nSPS) is 17.4. The van der Waals surface area contributed by atoms with Gasteiger partial charge in [-0.3, -0.25) is 14.9 Å². The fourth-order valence-electron chi connectivity index (χ4n) is 4.36. The smallest absolute Gasteiger partial charge is 0.270 e. The summed E-state index contributed by atoms with van der Waals surface area (Å²) in [5.41, 5.74) is 4.78. The number of carbonyl (C=O) groups is 1. The second-order valence-corrected chi connectivity index (χ2v) is 10.9. The Bertz CT molecular complexity index is 1530. The maximum absolute atomic E-state index is 13.3. The van der Waals surface area contributed by atoms with E-state index in [0.717, 1.165) is 66.9 Å². The molecule has 1 atom stereocenters. The molecule has 0 saturated heterocycles. The third-order valence-corrected chi connectivity index (χ3v) is 9.49. The van der Waals surface area contributed by atoms with Gasteiger partial charge in [-0.15, -0.1) is 0 Å². The van der Waals surface area contributed by atoms with Crippen LogP contribution in [0, 0.1) is 0 Å². The SMILES string of the molecule is O=C1NCc2cc(-c3cc4c5c(n3)sc([S+]([O-])C3CCC3)c5[nH]n3nccc43)cnc21. The number of aromatic amines is 1. The molecule has 154 valence electrons. The predicted molar refractivity (Wildman–Crippen MR) is 119 cm³/mol. The molecule has 2 aliphatic rings. The lowest BCUT2D eigenvalue weighted by atomic mass is 10.0. The molecule has 8 nitrogen and oxygen atoms in total. The first-order chi connectivity index (χ1) is 15.2. The average molecular weight is 449 g/mol. The lowest BCUT2D eigenvalue weighted by Gasteiger charge is -2.26. The Balaban J connectivity index is 1.49. The van der Waals surface area contributed by atoms with Crippen LogP contribution in [0.1, 0.15) is 35.3 Å². The van der Waals surface area contributed by atoms with Crippen LogP contribution in [-0.2, 0) is 17.7 Å². The van der Waals surface area contributed by atoms with Crippen LogP contribution in [-0.4, -0.2) is 40.5 Å². The molecular formula is C21H16N6O2S2. The van der Waals surface area contributed by atoms with Crippen LogP contribution >= 0.6 is 11.3 Å². The fourth-order valence-corrected chi connectivity index (χ4v) is 7.63. The van der Waals surface area contributed by atoms with Crippen molar-refractivity contribution < 1.29 is 9.35 Å². The van der Waals surface area contributed by atoms with Gasteiger partial charge in [-0.2, -0.15) is 9.73 Å². The van der Waals surface area contributed by atoms with Crippen molar-refractivity contribution in [3.8, 4) is 11.3 Å². The van der Waals surface area contributed by atoms with E-state index in [4.69, 9.17) is 4.98 Å². The van der Waals surface area contributed by atoms with Crippen LogP contribution < -0.4 is 5.32 Å². The first-order valence-electron chi connectivity index (χ1n) is 10.1. The highest BCUT2D eigenvalue weighted by Gasteiger charge is 2.35. The monoisotopic (exact) mass is 448 g/mol. The number of thiophene rings is 1. The molecule has 5 aromatic rings. The van der Waals surface area contributed by atoms with Crippen molar-refractivity contribution in [3.63, 3.8) is 0 Å². The second-order valence-electron chi connectivity index (χ2n) is 8.00. The Morgan fingerprint density at radius 2 is 2.19 bits per heavy atom. The van der Waals surface area contributed by atoms with E-state index in [-0.39, 0.29) is 11.2 Å². The van der Waals surface area contributed by atoms with Crippen molar-refractivity contribution in [3.05, 3.63) is 41.9 Å². The quantitative estimate of drug-likeness (QED) is 0.411. The molecule has 0 radical (unpaired) electrons. The van der Waals surface area contributed by atoms with Crippen molar-refractivity contribution in [2.24, 2.45) is 0 Å². The van der Waals surface area contributed by atoms with Crippen LogP contribution in [0.4, 0.5) is 0 Å². The largest absolute Gasteiger partial charge is 0.611 e. The van der Waals surface area contributed by atoms with Crippen LogP contribution in [0.15, 0.2) is 34.8 Å². The first-order valence-corrected chi connectivity index (χ1v) is 12.2. The van der Waals surface area contributed by atoms with Crippen molar-refractivity contribution >= 4 is 55.1 Å². The molecule has 1 unspecified atom stereocenters. The number of rotatable bonds is 3. The molecule has 31 heavy (non-hydrogen) atoms. The number of aromatic nitrogens is 5. The van der Waals surface area contributed by atoms with E-state index < -0.39 is 11.2 Å². The molecule has 6 heterocycles. The van der Waals surface area contributed by atoms with Gasteiger partial charge in [-0.25, -0.2) is 4.98 Å². The number of amides is 1. The maximum Gasteiger partial charge on any atom is 0.270 e. The maximum atomic E-state index is 13.3. The molecule has 1 fully saturated rings. The van der Waals surface area contributed by atoms with E-state index in [1.807, 2.05) is 18.2 Å². The summed E-state index contributed by atoms with van der Waals surface area (Å²) in [7, 11) is 0. The first kappa shape index (κ1) is 17.7. The fraction of sp³-hybridized carbons (Fsp3) is 0.238. The summed E-state index contributed by atoms with van der Waals surface area (Å²) in [5, 5.41) is 12.8. The molecular weight excluding hydrogens is 432 g/mol. The Morgan fingerprint density at radius 1 is 1.29 bits per heavy atom. The molecule has 1 aliphatic heterocycles. The lowest BCUT2D eigenvalue weighted by molar-refractivity contribution is 0.0961. The summed E-state index contributed by atoms with van der Waals surface area (Å²) >= 11 is 0.433. The Hall–Kier alpha value is -2.95. The van der Waals surface area contributed by atoms with Gasteiger partial charge in [0.1, 0.15) is 21.3 Å². The summed E-state index contributed by atoms with van der Waals surface area (Å²) in [5.74, 6) is -0.138. The van der Waals surface area contributed by atoms with E-state index in [9.17, 15) is 9.35 Å². The summed E-state index contributed by atoms with van der Waals surface area (Å²) in [6.07, 6.45) is 6.60. The van der Waals surface area contributed by atoms with Gasteiger partial charge in [-0.1, -0.05) is 11.3 Å². The molecule has 1 saturated carbocycles. The van der Waals surface area contributed by atoms with Gasteiger partial charge in [0, 0.05) is 40.4 Å². The highest BCUT2D eigenvalue weighted by atomic mass is 32.2. The summed E-state index contributed by atoms with van der Waals surface area (Å²) < 4.78 is 15.8. The number of hydrogen-bond donors (Lipinski definition) is 2. The van der Waals surface area contributed by atoms with Crippen molar-refractivity contribution in [1.82, 2.24) is 30.1 Å². The number of hydrogen-bond acceptors (Lipinski definition) is 6.